The second-order valence-corrected chi connectivity index (χ2v) is 5.97. The molecule has 2 nitrogen and oxygen atoms in total. The number of hydrogen-bond acceptors (Lipinski definition) is 2. The summed E-state index contributed by atoms with van der Waals surface area (Å²) < 4.78 is 0. The highest BCUT2D eigenvalue weighted by Crippen LogP contribution is 2.36. The molecule has 0 amide bonds. The van der Waals surface area contributed by atoms with E-state index in [0.717, 1.165) is 30.2 Å². The summed E-state index contributed by atoms with van der Waals surface area (Å²) in [7, 11) is 0. The second kappa shape index (κ2) is 7.14. The number of halogens is 1. The lowest BCUT2D eigenvalue weighted by Crippen LogP contribution is -2.26. The van der Waals surface area contributed by atoms with Crippen molar-refractivity contribution in [3.05, 3.63) is 41.4 Å². The largest absolute Gasteiger partial charge is 0.364 e. The van der Waals surface area contributed by atoms with Crippen LogP contribution in [-0.4, -0.2) is 19.1 Å². The lowest BCUT2D eigenvalue weighted by molar-refractivity contribution is 0.570. The summed E-state index contributed by atoms with van der Waals surface area (Å²) in [5, 5.41) is 4.34. The summed E-state index contributed by atoms with van der Waals surface area (Å²) in [6, 6.07) is 7.43. The van der Waals surface area contributed by atoms with Crippen LogP contribution >= 0.6 is 11.6 Å². The monoisotopic (exact) mass is 292 g/mol. The van der Waals surface area contributed by atoms with E-state index < -0.39 is 0 Å². The zero-order valence-electron chi connectivity index (χ0n) is 12.5. The Morgan fingerprint density at radius 1 is 1.50 bits per heavy atom. The van der Waals surface area contributed by atoms with Gasteiger partial charge in [-0.15, -0.1) is 6.58 Å². The van der Waals surface area contributed by atoms with Crippen molar-refractivity contribution in [3.63, 3.8) is 0 Å². The van der Waals surface area contributed by atoms with Crippen molar-refractivity contribution in [1.82, 2.24) is 5.32 Å². The Kier molecular flexibility index (Phi) is 5.50. The van der Waals surface area contributed by atoms with Gasteiger partial charge in [0.25, 0.3) is 0 Å². The molecule has 20 heavy (non-hydrogen) atoms. The van der Waals surface area contributed by atoms with Crippen LogP contribution in [0.4, 0.5) is 5.69 Å². The minimum Gasteiger partial charge on any atom is -0.364 e. The molecule has 0 bridgehead atoms. The van der Waals surface area contributed by atoms with Crippen molar-refractivity contribution >= 4 is 17.3 Å². The van der Waals surface area contributed by atoms with Crippen LogP contribution in [0.5, 0.6) is 0 Å². The number of hydrogen-bond donors (Lipinski definition) is 1. The molecule has 1 aromatic rings. The van der Waals surface area contributed by atoms with Crippen LogP contribution in [0, 0.1) is 0 Å². The molecule has 0 radical (unpaired) electrons. The fraction of sp³-hybridized carbons (Fsp3) is 0.529. The van der Waals surface area contributed by atoms with Crippen molar-refractivity contribution in [2.45, 2.75) is 45.2 Å². The Labute approximate surface area is 127 Å². The first-order valence-corrected chi connectivity index (χ1v) is 7.95. The lowest BCUT2D eigenvalue weighted by atomic mass is 10.1. The molecule has 1 aromatic carbocycles. The molecule has 1 N–H and O–H groups in total. The van der Waals surface area contributed by atoms with Crippen LogP contribution < -0.4 is 10.2 Å². The second-order valence-electron chi connectivity index (χ2n) is 5.56. The number of nitrogens with one attached hydrogen (secondary N) is 1. The molecular weight excluding hydrogens is 268 g/mol. The molecule has 0 saturated heterocycles. The van der Waals surface area contributed by atoms with Crippen LogP contribution in [0.1, 0.15) is 44.7 Å². The third-order valence-electron chi connectivity index (χ3n) is 3.80. The van der Waals surface area contributed by atoms with Crippen LogP contribution in [0.2, 0.25) is 5.02 Å². The Hall–Kier alpha value is -0.990. The fourth-order valence-corrected chi connectivity index (χ4v) is 2.77. The van der Waals surface area contributed by atoms with Gasteiger partial charge in [0.1, 0.15) is 0 Å². The van der Waals surface area contributed by atoms with E-state index in [4.69, 9.17) is 11.6 Å². The summed E-state index contributed by atoms with van der Waals surface area (Å²) in [4.78, 5) is 2.36. The summed E-state index contributed by atoms with van der Waals surface area (Å²) in [6.45, 7) is 10.1. The van der Waals surface area contributed by atoms with Crippen molar-refractivity contribution in [3.8, 4) is 0 Å². The van der Waals surface area contributed by atoms with Gasteiger partial charge in [-0.2, -0.15) is 0 Å². The molecular formula is C17H25ClN2. The van der Waals surface area contributed by atoms with Crippen molar-refractivity contribution < 1.29 is 0 Å². The number of anilines is 1. The van der Waals surface area contributed by atoms with Crippen molar-refractivity contribution in [2.24, 2.45) is 0 Å². The van der Waals surface area contributed by atoms with E-state index in [1.165, 1.54) is 18.4 Å². The van der Waals surface area contributed by atoms with Gasteiger partial charge in [-0.25, -0.2) is 0 Å². The van der Waals surface area contributed by atoms with Gasteiger partial charge in [-0.1, -0.05) is 30.7 Å². The smallest absolute Gasteiger partial charge is 0.0643 e. The predicted octanol–water partition coefficient (Wildman–Crippen LogP) is 4.56. The van der Waals surface area contributed by atoms with Crippen molar-refractivity contribution in [1.29, 1.82) is 0 Å². The van der Waals surface area contributed by atoms with Gasteiger partial charge < -0.3 is 10.2 Å². The standard InChI is InChI=1S/C17H25ClN2/c1-4-10-19-13(3)14-6-9-17(16(18)12-14)20(11-5-2)15-7-8-15/h5-6,9,12-13,15,19H,2,4,7-8,10-11H2,1,3H3. The Morgan fingerprint density at radius 2 is 2.25 bits per heavy atom. The van der Waals surface area contributed by atoms with Gasteiger partial charge in [0, 0.05) is 18.6 Å². The summed E-state index contributed by atoms with van der Waals surface area (Å²) in [5.74, 6) is 0. The van der Waals surface area contributed by atoms with Crippen molar-refractivity contribution in [2.75, 3.05) is 18.0 Å². The maximum absolute atomic E-state index is 6.51. The van der Waals surface area contributed by atoms with Gasteiger partial charge in [-0.3, -0.25) is 0 Å². The molecule has 1 fully saturated rings. The average Bonchev–Trinajstić information content (AvgIpc) is 3.27. The molecule has 0 aromatic heterocycles. The first-order chi connectivity index (χ1) is 9.67. The lowest BCUT2D eigenvalue weighted by Gasteiger charge is -2.25. The molecule has 1 atom stereocenters. The Bertz CT molecular complexity index is 454. The van der Waals surface area contributed by atoms with Gasteiger partial charge in [0.05, 0.1) is 10.7 Å². The molecule has 0 spiro atoms. The fourth-order valence-electron chi connectivity index (χ4n) is 2.47. The number of rotatable bonds is 8. The first-order valence-electron chi connectivity index (χ1n) is 7.57. The van der Waals surface area contributed by atoms with Crippen LogP contribution in [-0.2, 0) is 0 Å². The zero-order chi connectivity index (χ0) is 14.5. The number of nitrogens with zero attached hydrogens (tertiary/aromatic N) is 1. The molecule has 110 valence electrons. The van der Waals surface area contributed by atoms with Crippen LogP contribution in [0.25, 0.3) is 0 Å². The van der Waals surface area contributed by atoms with Gasteiger partial charge in [0.15, 0.2) is 0 Å². The molecule has 0 heterocycles. The SMILES string of the molecule is C=CCN(c1ccc(C(C)NCCC)cc1Cl)C1CC1. The van der Waals surface area contributed by atoms with Gasteiger partial charge >= 0.3 is 0 Å². The van der Waals surface area contributed by atoms with E-state index in [9.17, 15) is 0 Å². The predicted molar refractivity (Wildman–Crippen MR) is 88.7 cm³/mol. The van der Waals surface area contributed by atoms with E-state index in [0.29, 0.717) is 12.1 Å². The highest BCUT2D eigenvalue weighted by Gasteiger charge is 2.29. The highest BCUT2D eigenvalue weighted by atomic mass is 35.5. The first kappa shape index (κ1) is 15.4. The molecule has 2 rings (SSSR count). The third kappa shape index (κ3) is 3.77. The van der Waals surface area contributed by atoms with E-state index in [1.807, 2.05) is 6.08 Å². The van der Waals surface area contributed by atoms with Gasteiger partial charge in [0.2, 0.25) is 0 Å². The Balaban J connectivity index is 2.13. The van der Waals surface area contributed by atoms with Crippen LogP contribution in [0.3, 0.4) is 0 Å². The summed E-state index contributed by atoms with van der Waals surface area (Å²) in [6.07, 6.45) is 5.62. The molecule has 1 unspecified atom stereocenters. The summed E-state index contributed by atoms with van der Waals surface area (Å²) in [5.41, 5.74) is 2.39. The molecule has 3 heteroatoms. The minimum absolute atomic E-state index is 0.343. The van der Waals surface area contributed by atoms with E-state index in [-0.39, 0.29) is 0 Å². The minimum atomic E-state index is 0.343. The van der Waals surface area contributed by atoms with E-state index in [1.54, 1.807) is 0 Å². The number of benzene rings is 1. The Morgan fingerprint density at radius 3 is 2.80 bits per heavy atom. The van der Waals surface area contributed by atoms with Crippen LogP contribution in [0.15, 0.2) is 30.9 Å². The molecule has 1 saturated carbocycles. The molecule has 1 aliphatic carbocycles. The van der Waals surface area contributed by atoms with Gasteiger partial charge in [-0.05, 0) is 50.4 Å². The topological polar surface area (TPSA) is 15.3 Å². The quantitative estimate of drug-likeness (QED) is 0.707. The maximum Gasteiger partial charge on any atom is 0.0643 e. The zero-order valence-corrected chi connectivity index (χ0v) is 13.3. The third-order valence-corrected chi connectivity index (χ3v) is 4.10. The molecule has 1 aliphatic rings. The van der Waals surface area contributed by atoms with E-state index >= 15 is 0 Å². The average molecular weight is 293 g/mol. The summed E-state index contributed by atoms with van der Waals surface area (Å²) >= 11 is 6.51. The normalized spacial score (nSPS) is 15.9. The maximum atomic E-state index is 6.51. The van der Waals surface area contributed by atoms with E-state index in [2.05, 4.69) is 48.8 Å². The molecule has 0 aliphatic heterocycles. The highest BCUT2D eigenvalue weighted by molar-refractivity contribution is 6.33.